The Hall–Kier alpha value is -2.16. The molecule has 22 heavy (non-hydrogen) atoms. The Bertz CT molecular complexity index is 684. The highest BCUT2D eigenvalue weighted by Crippen LogP contribution is 2.27. The molecule has 9 heteroatoms. The molecule has 0 aromatic heterocycles. The van der Waals surface area contributed by atoms with E-state index in [1.54, 1.807) is 0 Å². The van der Waals surface area contributed by atoms with Crippen molar-refractivity contribution in [1.82, 2.24) is 0 Å². The molecule has 0 saturated carbocycles. The van der Waals surface area contributed by atoms with Crippen LogP contribution in [0.1, 0.15) is 20.3 Å². The summed E-state index contributed by atoms with van der Waals surface area (Å²) in [5.41, 5.74) is -0.331. The average molecular weight is 330 g/mol. The van der Waals surface area contributed by atoms with E-state index in [0.717, 1.165) is 18.4 Å². The summed E-state index contributed by atoms with van der Waals surface area (Å²) in [7, 11) is -3.75. The van der Waals surface area contributed by atoms with Gasteiger partial charge in [-0.2, -0.15) is 0 Å². The standard InChI is InChI=1S/C13H18N2O6S/c1-8(2)6-11(13(16)17)14-10-5-4-9(15(18)19)7-12(10)22(3,20)21/h4-5,7-8,11,14H,6H2,1-3H3,(H,16,17). The molecular formula is C13H18N2O6S. The number of nitrogens with zero attached hydrogens (tertiary/aromatic N) is 1. The number of benzene rings is 1. The van der Waals surface area contributed by atoms with Crippen molar-refractivity contribution in [3.8, 4) is 0 Å². The number of aliphatic carboxylic acids is 1. The van der Waals surface area contributed by atoms with E-state index in [-0.39, 0.29) is 28.6 Å². The minimum Gasteiger partial charge on any atom is -0.480 e. The number of nitrogens with one attached hydrogen (secondary N) is 1. The molecule has 0 bridgehead atoms. The molecule has 0 saturated heterocycles. The first kappa shape index (κ1) is 17.9. The Balaban J connectivity index is 3.28. The van der Waals surface area contributed by atoms with E-state index in [1.165, 1.54) is 6.07 Å². The number of carboxylic acids is 1. The molecule has 1 aromatic carbocycles. The van der Waals surface area contributed by atoms with Gasteiger partial charge in [-0.1, -0.05) is 13.8 Å². The van der Waals surface area contributed by atoms with Gasteiger partial charge in [-0.05, 0) is 18.4 Å². The summed E-state index contributed by atoms with van der Waals surface area (Å²) >= 11 is 0. The maximum absolute atomic E-state index is 11.8. The molecule has 0 fully saturated rings. The lowest BCUT2D eigenvalue weighted by atomic mass is 10.0. The zero-order valence-corrected chi connectivity index (χ0v) is 13.3. The number of non-ortho nitro benzene ring substituents is 1. The third-order valence-electron chi connectivity index (χ3n) is 2.91. The Morgan fingerprint density at radius 1 is 1.41 bits per heavy atom. The third-order valence-corrected chi connectivity index (χ3v) is 4.05. The first-order valence-corrected chi connectivity index (χ1v) is 8.39. The van der Waals surface area contributed by atoms with Gasteiger partial charge >= 0.3 is 5.97 Å². The molecule has 1 rings (SSSR count). The van der Waals surface area contributed by atoms with Gasteiger partial charge in [-0.15, -0.1) is 0 Å². The minimum absolute atomic E-state index is 0.0427. The largest absolute Gasteiger partial charge is 0.480 e. The molecular weight excluding hydrogens is 312 g/mol. The molecule has 8 nitrogen and oxygen atoms in total. The first-order chi connectivity index (χ1) is 10.0. The Labute approximate surface area is 128 Å². The van der Waals surface area contributed by atoms with Crippen molar-refractivity contribution in [3.63, 3.8) is 0 Å². The molecule has 0 spiro atoms. The van der Waals surface area contributed by atoms with Crippen LogP contribution < -0.4 is 5.32 Å². The molecule has 2 N–H and O–H groups in total. The quantitative estimate of drug-likeness (QED) is 0.577. The highest BCUT2D eigenvalue weighted by Gasteiger charge is 2.24. The lowest BCUT2D eigenvalue weighted by Gasteiger charge is -2.19. The van der Waals surface area contributed by atoms with Gasteiger partial charge in [0.15, 0.2) is 9.84 Å². The number of hydrogen-bond acceptors (Lipinski definition) is 6. The lowest BCUT2D eigenvalue weighted by molar-refractivity contribution is -0.385. The second kappa shape index (κ2) is 6.73. The van der Waals surface area contributed by atoms with Gasteiger partial charge in [-0.25, -0.2) is 13.2 Å². The molecule has 122 valence electrons. The van der Waals surface area contributed by atoms with Gasteiger partial charge in [0, 0.05) is 18.4 Å². The highest BCUT2D eigenvalue weighted by atomic mass is 32.2. The molecule has 0 aliphatic heterocycles. The van der Waals surface area contributed by atoms with Crippen LogP contribution in [0.4, 0.5) is 11.4 Å². The van der Waals surface area contributed by atoms with Crippen molar-refractivity contribution in [1.29, 1.82) is 0 Å². The molecule has 0 amide bonds. The number of anilines is 1. The molecule has 1 atom stereocenters. The number of carboxylic acid groups (broad SMARTS) is 1. The monoisotopic (exact) mass is 330 g/mol. The van der Waals surface area contributed by atoms with Crippen LogP contribution >= 0.6 is 0 Å². The fraction of sp³-hybridized carbons (Fsp3) is 0.462. The van der Waals surface area contributed by atoms with E-state index in [2.05, 4.69) is 5.32 Å². The second-order valence-electron chi connectivity index (χ2n) is 5.37. The van der Waals surface area contributed by atoms with Crippen LogP contribution in [-0.2, 0) is 14.6 Å². The van der Waals surface area contributed by atoms with Crippen LogP contribution in [0.15, 0.2) is 23.1 Å². The number of rotatable bonds is 7. The van der Waals surface area contributed by atoms with Crippen LogP contribution in [0, 0.1) is 16.0 Å². The zero-order valence-electron chi connectivity index (χ0n) is 12.4. The summed E-state index contributed by atoms with van der Waals surface area (Å²) in [4.78, 5) is 21.0. The predicted molar refractivity (Wildman–Crippen MR) is 80.7 cm³/mol. The summed E-state index contributed by atoms with van der Waals surface area (Å²) in [6.45, 7) is 3.68. The van der Waals surface area contributed by atoms with Crippen LogP contribution in [0.3, 0.4) is 0 Å². The van der Waals surface area contributed by atoms with Crippen LogP contribution in [0.2, 0.25) is 0 Å². The SMILES string of the molecule is CC(C)CC(Nc1ccc([N+](=O)[O-])cc1S(C)(=O)=O)C(=O)O. The van der Waals surface area contributed by atoms with Crippen molar-refractivity contribution >= 4 is 27.2 Å². The summed E-state index contributed by atoms with van der Waals surface area (Å²) in [6.07, 6.45) is 1.20. The van der Waals surface area contributed by atoms with E-state index in [9.17, 15) is 28.4 Å². The van der Waals surface area contributed by atoms with Crippen molar-refractivity contribution in [2.24, 2.45) is 5.92 Å². The van der Waals surface area contributed by atoms with Crippen LogP contribution in [-0.4, -0.2) is 36.7 Å². The number of hydrogen-bond donors (Lipinski definition) is 2. The van der Waals surface area contributed by atoms with Crippen LogP contribution in [0.25, 0.3) is 0 Å². The summed E-state index contributed by atoms with van der Waals surface area (Å²) in [5.74, 6) is -1.04. The van der Waals surface area contributed by atoms with Gasteiger partial charge in [0.05, 0.1) is 15.5 Å². The van der Waals surface area contributed by atoms with E-state index < -0.39 is 26.8 Å². The fourth-order valence-corrected chi connectivity index (χ4v) is 2.79. The van der Waals surface area contributed by atoms with E-state index in [0.29, 0.717) is 0 Å². The smallest absolute Gasteiger partial charge is 0.326 e. The summed E-state index contributed by atoms with van der Waals surface area (Å²) in [5, 5.41) is 22.6. The molecule has 0 aliphatic rings. The van der Waals surface area contributed by atoms with Gasteiger partial charge in [0.1, 0.15) is 6.04 Å². The molecule has 0 heterocycles. The van der Waals surface area contributed by atoms with E-state index >= 15 is 0 Å². The van der Waals surface area contributed by atoms with Crippen molar-refractivity contribution in [2.45, 2.75) is 31.2 Å². The maximum atomic E-state index is 11.8. The highest BCUT2D eigenvalue weighted by molar-refractivity contribution is 7.90. The average Bonchev–Trinajstić information content (AvgIpc) is 2.36. The summed E-state index contributed by atoms with van der Waals surface area (Å²) in [6, 6.07) is 2.28. The fourth-order valence-electron chi connectivity index (χ4n) is 1.93. The molecule has 0 aliphatic carbocycles. The van der Waals surface area contributed by atoms with Gasteiger partial charge in [0.25, 0.3) is 5.69 Å². The Morgan fingerprint density at radius 2 is 2.00 bits per heavy atom. The van der Waals surface area contributed by atoms with E-state index in [1.807, 2.05) is 13.8 Å². The molecule has 0 radical (unpaired) electrons. The number of sulfone groups is 1. The summed E-state index contributed by atoms with van der Waals surface area (Å²) < 4.78 is 23.6. The van der Waals surface area contributed by atoms with E-state index in [4.69, 9.17) is 0 Å². The zero-order chi connectivity index (χ0) is 17.1. The number of carbonyl (C=O) groups is 1. The van der Waals surface area contributed by atoms with Crippen molar-refractivity contribution in [2.75, 3.05) is 11.6 Å². The normalized spacial score (nSPS) is 12.9. The van der Waals surface area contributed by atoms with Crippen molar-refractivity contribution < 1.29 is 23.2 Å². The van der Waals surface area contributed by atoms with Crippen molar-refractivity contribution in [3.05, 3.63) is 28.3 Å². The maximum Gasteiger partial charge on any atom is 0.326 e. The second-order valence-corrected chi connectivity index (χ2v) is 7.36. The first-order valence-electron chi connectivity index (χ1n) is 6.50. The Kier molecular flexibility index (Phi) is 5.48. The molecule has 1 unspecified atom stereocenters. The minimum atomic E-state index is -3.75. The van der Waals surface area contributed by atoms with Gasteiger partial charge < -0.3 is 10.4 Å². The topological polar surface area (TPSA) is 127 Å². The van der Waals surface area contributed by atoms with Gasteiger partial charge in [0.2, 0.25) is 0 Å². The van der Waals surface area contributed by atoms with Gasteiger partial charge in [-0.3, -0.25) is 10.1 Å². The number of nitro groups is 1. The predicted octanol–water partition coefficient (Wildman–Crippen LogP) is 1.91. The Morgan fingerprint density at radius 3 is 2.41 bits per heavy atom. The lowest BCUT2D eigenvalue weighted by Crippen LogP contribution is -2.31. The number of nitro benzene ring substituents is 1. The molecule has 1 aromatic rings. The van der Waals surface area contributed by atoms with Crippen LogP contribution in [0.5, 0.6) is 0 Å². The third kappa shape index (κ3) is 4.69.